The van der Waals surface area contributed by atoms with Crippen LogP contribution in [0.4, 0.5) is 11.4 Å². The van der Waals surface area contributed by atoms with Crippen LogP contribution in [0.2, 0.25) is 10.0 Å². The summed E-state index contributed by atoms with van der Waals surface area (Å²) in [5, 5.41) is 0.576. The number of imide groups is 1. The van der Waals surface area contributed by atoms with Crippen molar-refractivity contribution in [3.05, 3.63) is 64.7 Å². The standard InChI is InChI=1S/C25H20Cl2N2O5/c26-19-6-3-7-20(22(19)27)28-13-14(12-21(28)30)25(33)34-16-10-8-15(9-11-16)29-23(31)17-4-1-2-5-18(17)24(29)32/h1-3,6-11,14,17-18H,4-5,12-13H2/t14-,17-,18+/m0/s1. The first-order valence-electron chi connectivity index (χ1n) is 10.9. The van der Waals surface area contributed by atoms with Gasteiger partial charge in [-0.05, 0) is 49.2 Å². The Hall–Kier alpha value is -3.16. The molecule has 2 aromatic carbocycles. The van der Waals surface area contributed by atoms with Gasteiger partial charge in [-0.15, -0.1) is 0 Å². The molecule has 9 heteroatoms. The van der Waals surface area contributed by atoms with Crippen molar-refractivity contribution < 1.29 is 23.9 Å². The Morgan fingerprint density at radius 2 is 1.56 bits per heavy atom. The molecule has 34 heavy (non-hydrogen) atoms. The molecule has 3 atom stereocenters. The third kappa shape index (κ3) is 3.89. The highest BCUT2D eigenvalue weighted by molar-refractivity contribution is 6.44. The van der Waals surface area contributed by atoms with E-state index in [2.05, 4.69) is 0 Å². The van der Waals surface area contributed by atoms with E-state index in [9.17, 15) is 19.2 Å². The zero-order valence-electron chi connectivity index (χ0n) is 17.9. The highest BCUT2D eigenvalue weighted by Crippen LogP contribution is 2.38. The molecule has 0 saturated carbocycles. The first kappa shape index (κ1) is 22.6. The van der Waals surface area contributed by atoms with E-state index in [0.717, 1.165) is 0 Å². The SMILES string of the molecule is O=C(Oc1ccc(N2C(=O)[C@H]3CC=CC[C@H]3C2=O)cc1)[C@H]1CC(=O)N(c2cccc(Cl)c2Cl)C1. The Kier molecular flexibility index (Phi) is 5.91. The van der Waals surface area contributed by atoms with Crippen molar-refractivity contribution in [1.82, 2.24) is 0 Å². The number of amides is 3. The average molecular weight is 499 g/mol. The predicted molar refractivity (Wildman–Crippen MR) is 127 cm³/mol. The lowest BCUT2D eigenvalue weighted by Crippen LogP contribution is -2.30. The molecule has 0 aromatic heterocycles. The summed E-state index contributed by atoms with van der Waals surface area (Å²) in [5.41, 5.74) is 0.900. The second-order valence-corrected chi connectivity index (χ2v) is 9.35. The summed E-state index contributed by atoms with van der Waals surface area (Å²) in [5.74, 6) is -2.23. The monoisotopic (exact) mass is 498 g/mol. The summed E-state index contributed by atoms with van der Waals surface area (Å²) in [6.07, 6.45) is 5.01. The van der Waals surface area contributed by atoms with E-state index in [4.69, 9.17) is 27.9 Å². The van der Waals surface area contributed by atoms with Crippen LogP contribution in [0.5, 0.6) is 5.75 Å². The van der Waals surface area contributed by atoms with Crippen molar-refractivity contribution in [2.45, 2.75) is 19.3 Å². The minimum atomic E-state index is -0.667. The van der Waals surface area contributed by atoms with E-state index >= 15 is 0 Å². The molecule has 174 valence electrons. The number of hydrogen-bond acceptors (Lipinski definition) is 5. The maximum Gasteiger partial charge on any atom is 0.316 e. The van der Waals surface area contributed by atoms with E-state index in [0.29, 0.717) is 29.2 Å². The Morgan fingerprint density at radius 3 is 2.21 bits per heavy atom. The molecular formula is C25H20Cl2N2O5. The van der Waals surface area contributed by atoms with Crippen molar-refractivity contribution >= 4 is 58.3 Å². The Balaban J connectivity index is 1.25. The molecule has 2 aliphatic heterocycles. The van der Waals surface area contributed by atoms with Crippen LogP contribution in [0, 0.1) is 17.8 Å². The summed E-state index contributed by atoms with van der Waals surface area (Å²) in [6, 6.07) is 11.2. The fourth-order valence-electron chi connectivity index (χ4n) is 4.72. The van der Waals surface area contributed by atoms with Crippen LogP contribution in [-0.2, 0) is 19.2 Å². The molecule has 3 aliphatic rings. The average Bonchev–Trinajstić information content (AvgIpc) is 3.34. The number of anilines is 2. The third-order valence-electron chi connectivity index (χ3n) is 6.50. The number of esters is 1. The van der Waals surface area contributed by atoms with Gasteiger partial charge in [-0.3, -0.25) is 24.1 Å². The molecule has 0 radical (unpaired) electrons. The number of nitrogens with zero attached hydrogens (tertiary/aromatic N) is 2. The fraction of sp³-hybridized carbons (Fsp3) is 0.280. The number of benzene rings is 2. The van der Waals surface area contributed by atoms with Gasteiger partial charge in [0.15, 0.2) is 0 Å². The number of fused-ring (bicyclic) bond motifs is 1. The highest BCUT2D eigenvalue weighted by Gasteiger charge is 2.47. The molecule has 2 saturated heterocycles. The topological polar surface area (TPSA) is 84.0 Å². The molecule has 3 amide bonds. The van der Waals surface area contributed by atoms with Crippen molar-refractivity contribution in [2.75, 3.05) is 16.3 Å². The summed E-state index contributed by atoms with van der Waals surface area (Å²) in [4.78, 5) is 53.4. The summed E-state index contributed by atoms with van der Waals surface area (Å²) in [6.45, 7) is 0.128. The number of carbonyl (C=O) groups excluding carboxylic acids is 4. The van der Waals surface area contributed by atoms with Crippen LogP contribution in [0.15, 0.2) is 54.6 Å². The van der Waals surface area contributed by atoms with E-state index in [1.807, 2.05) is 12.2 Å². The molecule has 2 heterocycles. The zero-order chi connectivity index (χ0) is 24.0. The van der Waals surface area contributed by atoms with E-state index < -0.39 is 11.9 Å². The minimum Gasteiger partial charge on any atom is -0.426 e. The molecule has 0 bridgehead atoms. The van der Waals surface area contributed by atoms with Crippen LogP contribution < -0.4 is 14.5 Å². The van der Waals surface area contributed by atoms with Crippen LogP contribution in [0.3, 0.4) is 0 Å². The number of ether oxygens (including phenoxy) is 1. The normalized spacial score (nSPS) is 24.1. The van der Waals surface area contributed by atoms with Crippen molar-refractivity contribution in [3.63, 3.8) is 0 Å². The van der Waals surface area contributed by atoms with Gasteiger partial charge in [0, 0.05) is 13.0 Å². The highest BCUT2D eigenvalue weighted by atomic mass is 35.5. The molecule has 7 nitrogen and oxygen atoms in total. The lowest BCUT2D eigenvalue weighted by atomic mass is 9.85. The molecule has 2 aromatic rings. The second kappa shape index (κ2) is 8.89. The van der Waals surface area contributed by atoms with Gasteiger partial charge in [0.25, 0.3) is 0 Å². The lowest BCUT2D eigenvalue weighted by molar-refractivity contribution is -0.139. The first-order chi connectivity index (χ1) is 16.3. The van der Waals surface area contributed by atoms with Gasteiger partial charge < -0.3 is 9.64 Å². The smallest absolute Gasteiger partial charge is 0.316 e. The van der Waals surface area contributed by atoms with Gasteiger partial charge in [0.1, 0.15) is 5.75 Å². The first-order valence-corrected chi connectivity index (χ1v) is 11.7. The van der Waals surface area contributed by atoms with E-state index in [1.165, 1.54) is 21.9 Å². The number of hydrogen-bond donors (Lipinski definition) is 0. The van der Waals surface area contributed by atoms with Crippen LogP contribution in [0.1, 0.15) is 19.3 Å². The Bertz CT molecular complexity index is 1200. The van der Waals surface area contributed by atoms with Gasteiger partial charge in [-0.2, -0.15) is 0 Å². The van der Waals surface area contributed by atoms with Gasteiger partial charge in [0.2, 0.25) is 17.7 Å². The minimum absolute atomic E-state index is 0.00659. The fourth-order valence-corrected chi connectivity index (χ4v) is 5.11. The Labute approximate surface area is 205 Å². The molecule has 0 unspecified atom stereocenters. The molecule has 0 spiro atoms. The third-order valence-corrected chi connectivity index (χ3v) is 7.31. The molecule has 5 rings (SSSR count). The van der Waals surface area contributed by atoms with Gasteiger partial charge in [0.05, 0.1) is 39.2 Å². The number of allylic oxidation sites excluding steroid dienone is 2. The molecular weight excluding hydrogens is 479 g/mol. The van der Waals surface area contributed by atoms with Crippen LogP contribution >= 0.6 is 23.2 Å². The molecule has 0 N–H and O–H groups in total. The Morgan fingerprint density at radius 1 is 0.912 bits per heavy atom. The zero-order valence-corrected chi connectivity index (χ0v) is 19.5. The molecule has 2 fully saturated rings. The van der Waals surface area contributed by atoms with Crippen molar-refractivity contribution in [3.8, 4) is 5.75 Å². The predicted octanol–water partition coefficient (Wildman–Crippen LogP) is 4.41. The summed E-state index contributed by atoms with van der Waals surface area (Å²) < 4.78 is 5.48. The maximum absolute atomic E-state index is 12.7. The lowest BCUT2D eigenvalue weighted by Gasteiger charge is -2.18. The van der Waals surface area contributed by atoms with Gasteiger partial charge in [-0.25, -0.2) is 0 Å². The van der Waals surface area contributed by atoms with E-state index in [1.54, 1.807) is 30.3 Å². The van der Waals surface area contributed by atoms with Gasteiger partial charge in [-0.1, -0.05) is 41.4 Å². The van der Waals surface area contributed by atoms with Crippen molar-refractivity contribution in [1.29, 1.82) is 0 Å². The van der Waals surface area contributed by atoms with E-state index in [-0.39, 0.29) is 53.3 Å². The number of rotatable bonds is 4. The van der Waals surface area contributed by atoms with Crippen LogP contribution in [-0.4, -0.2) is 30.2 Å². The van der Waals surface area contributed by atoms with Crippen LogP contribution in [0.25, 0.3) is 0 Å². The van der Waals surface area contributed by atoms with Crippen molar-refractivity contribution in [2.24, 2.45) is 17.8 Å². The summed E-state index contributed by atoms with van der Waals surface area (Å²) >= 11 is 12.3. The van der Waals surface area contributed by atoms with Gasteiger partial charge >= 0.3 is 5.97 Å². The maximum atomic E-state index is 12.7. The quantitative estimate of drug-likeness (QED) is 0.270. The second-order valence-electron chi connectivity index (χ2n) is 8.56. The largest absolute Gasteiger partial charge is 0.426 e. The number of carbonyl (C=O) groups is 4. The number of halogens is 2. The summed E-state index contributed by atoms with van der Waals surface area (Å²) in [7, 11) is 0. The molecule has 1 aliphatic carbocycles.